The van der Waals surface area contributed by atoms with E-state index < -0.39 is 0 Å². The van der Waals surface area contributed by atoms with Crippen LogP contribution in [0.5, 0.6) is 5.75 Å². The van der Waals surface area contributed by atoms with Gasteiger partial charge in [-0.05, 0) is 31.0 Å². The van der Waals surface area contributed by atoms with E-state index in [0.29, 0.717) is 12.2 Å². The Balaban J connectivity index is 2.81. The zero-order chi connectivity index (χ0) is 11.3. The molecule has 0 saturated heterocycles. The van der Waals surface area contributed by atoms with Crippen molar-refractivity contribution in [2.75, 3.05) is 6.61 Å². The minimum absolute atomic E-state index is 0.0318. The molecule has 0 spiro atoms. The second kappa shape index (κ2) is 5.32. The van der Waals surface area contributed by atoms with Gasteiger partial charge < -0.3 is 10.5 Å². The van der Waals surface area contributed by atoms with Crippen LogP contribution in [0.1, 0.15) is 12.5 Å². The molecule has 0 aliphatic heterocycles. The van der Waals surface area contributed by atoms with Crippen LogP contribution < -0.4 is 10.5 Å². The van der Waals surface area contributed by atoms with Gasteiger partial charge in [-0.3, -0.25) is 0 Å². The maximum atomic E-state index is 13.1. The lowest BCUT2D eigenvalue weighted by Gasteiger charge is -2.08. The molecular formula is C11H13FN2O. The van der Waals surface area contributed by atoms with Gasteiger partial charge in [0.05, 0.1) is 0 Å². The van der Waals surface area contributed by atoms with Crippen LogP contribution in [0, 0.1) is 17.1 Å². The Bertz CT molecular complexity index is 371. The van der Waals surface area contributed by atoms with Crippen molar-refractivity contribution in [2.45, 2.75) is 19.4 Å². The highest BCUT2D eigenvalue weighted by Crippen LogP contribution is 2.17. The number of rotatable bonds is 4. The maximum absolute atomic E-state index is 13.1. The monoisotopic (exact) mass is 208 g/mol. The molecule has 15 heavy (non-hydrogen) atoms. The van der Waals surface area contributed by atoms with Crippen LogP contribution in [0.3, 0.4) is 0 Å². The minimum atomic E-state index is -0.374. The second-order valence-corrected chi connectivity index (χ2v) is 3.42. The van der Waals surface area contributed by atoms with Gasteiger partial charge in [0.25, 0.3) is 0 Å². The fourth-order valence-electron chi connectivity index (χ4n) is 1.31. The van der Waals surface area contributed by atoms with Gasteiger partial charge >= 0.3 is 0 Å². The number of nitrogens with zero attached hydrogens (tertiary/aromatic N) is 1. The average Bonchev–Trinajstić information content (AvgIpc) is 2.12. The molecular weight excluding hydrogens is 195 g/mol. The highest BCUT2D eigenvalue weighted by molar-refractivity contribution is 5.30. The third kappa shape index (κ3) is 3.96. The van der Waals surface area contributed by atoms with Crippen molar-refractivity contribution in [1.29, 1.82) is 5.26 Å². The number of benzene rings is 1. The van der Waals surface area contributed by atoms with Crippen molar-refractivity contribution in [2.24, 2.45) is 5.73 Å². The fraction of sp³-hybridized carbons (Fsp3) is 0.364. The van der Waals surface area contributed by atoms with Gasteiger partial charge in [-0.1, -0.05) is 0 Å². The van der Waals surface area contributed by atoms with Crippen molar-refractivity contribution in [3.05, 3.63) is 29.6 Å². The van der Waals surface area contributed by atoms with Gasteiger partial charge in [-0.2, -0.15) is 5.26 Å². The zero-order valence-corrected chi connectivity index (χ0v) is 8.53. The molecule has 0 aliphatic rings. The first-order valence-corrected chi connectivity index (χ1v) is 4.66. The van der Waals surface area contributed by atoms with Crippen molar-refractivity contribution in [3.8, 4) is 11.8 Å². The highest BCUT2D eigenvalue weighted by Gasteiger charge is 2.04. The van der Waals surface area contributed by atoms with Crippen molar-refractivity contribution in [1.82, 2.24) is 0 Å². The van der Waals surface area contributed by atoms with Gasteiger partial charge in [-0.15, -0.1) is 0 Å². The van der Waals surface area contributed by atoms with Crippen LogP contribution in [-0.4, -0.2) is 12.6 Å². The summed E-state index contributed by atoms with van der Waals surface area (Å²) in [5.41, 5.74) is 6.38. The van der Waals surface area contributed by atoms with E-state index in [9.17, 15) is 4.39 Å². The Morgan fingerprint density at radius 1 is 1.53 bits per heavy atom. The van der Waals surface area contributed by atoms with Crippen LogP contribution in [0.25, 0.3) is 0 Å². The molecule has 1 aromatic rings. The predicted molar refractivity (Wildman–Crippen MR) is 54.9 cm³/mol. The third-order valence-corrected chi connectivity index (χ3v) is 1.79. The van der Waals surface area contributed by atoms with Crippen LogP contribution in [0.4, 0.5) is 4.39 Å². The smallest absolute Gasteiger partial charge is 0.174 e. The topological polar surface area (TPSA) is 59.0 Å². The number of nitrogens with two attached hydrogens (primary N) is 1. The van der Waals surface area contributed by atoms with E-state index in [1.807, 2.05) is 13.0 Å². The Kier molecular flexibility index (Phi) is 4.07. The fourth-order valence-corrected chi connectivity index (χ4v) is 1.31. The minimum Gasteiger partial charge on any atom is -0.479 e. The van der Waals surface area contributed by atoms with Crippen LogP contribution >= 0.6 is 0 Å². The highest BCUT2D eigenvalue weighted by atomic mass is 19.1. The average molecular weight is 208 g/mol. The summed E-state index contributed by atoms with van der Waals surface area (Å²) in [6, 6.07) is 6.16. The Morgan fingerprint density at radius 3 is 2.87 bits per heavy atom. The van der Waals surface area contributed by atoms with Gasteiger partial charge in [0.1, 0.15) is 17.6 Å². The number of ether oxygens (including phenoxy) is 1. The molecule has 4 heteroatoms. The summed E-state index contributed by atoms with van der Waals surface area (Å²) in [7, 11) is 0. The molecule has 0 fully saturated rings. The van der Waals surface area contributed by atoms with Crippen LogP contribution in [-0.2, 0) is 6.42 Å². The molecule has 0 radical (unpaired) electrons. The van der Waals surface area contributed by atoms with Crippen molar-refractivity contribution < 1.29 is 9.13 Å². The lowest BCUT2D eigenvalue weighted by atomic mass is 10.1. The van der Waals surface area contributed by atoms with Crippen molar-refractivity contribution in [3.63, 3.8) is 0 Å². The lowest BCUT2D eigenvalue weighted by Crippen LogP contribution is -2.17. The Labute approximate surface area is 88.3 Å². The molecule has 0 saturated carbocycles. The largest absolute Gasteiger partial charge is 0.479 e. The van der Waals surface area contributed by atoms with E-state index in [4.69, 9.17) is 15.7 Å². The van der Waals surface area contributed by atoms with E-state index >= 15 is 0 Å². The summed E-state index contributed by atoms with van der Waals surface area (Å²) in [6.07, 6.45) is 0.584. The SMILES string of the molecule is CC(N)Cc1cc(F)cc(OCC#N)c1. The van der Waals surface area contributed by atoms with Gasteiger partial charge in [0.15, 0.2) is 6.61 Å². The Hall–Kier alpha value is -1.60. The molecule has 0 aliphatic carbocycles. The first-order chi connectivity index (χ1) is 7.11. The predicted octanol–water partition coefficient (Wildman–Crippen LogP) is 1.62. The number of halogens is 1. The maximum Gasteiger partial charge on any atom is 0.174 e. The van der Waals surface area contributed by atoms with E-state index in [0.717, 1.165) is 5.56 Å². The molecule has 3 nitrogen and oxygen atoms in total. The molecule has 0 aromatic heterocycles. The lowest BCUT2D eigenvalue weighted by molar-refractivity contribution is 0.365. The Morgan fingerprint density at radius 2 is 2.27 bits per heavy atom. The van der Waals surface area contributed by atoms with Crippen molar-refractivity contribution >= 4 is 0 Å². The number of hydrogen-bond donors (Lipinski definition) is 1. The van der Waals surface area contributed by atoms with Crippen LogP contribution in [0.15, 0.2) is 18.2 Å². The molecule has 2 N–H and O–H groups in total. The molecule has 80 valence electrons. The second-order valence-electron chi connectivity index (χ2n) is 3.42. The first kappa shape index (κ1) is 11.5. The zero-order valence-electron chi connectivity index (χ0n) is 8.53. The number of nitriles is 1. The molecule has 0 amide bonds. The third-order valence-electron chi connectivity index (χ3n) is 1.79. The normalized spacial score (nSPS) is 11.9. The molecule has 1 atom stereocenters. The summed E-state index contributed by atoms with van der Waals surface area (Å²) in [5.74, 6) is -0.00621. The summed E-state index contributed by atoms with van der Waals surface area (Å²) < 4.78 is 18.1. The van der Waals surface area contributed by atoms with Crippen LogP contribution in [0.2, 0.25) is 0 Å². The summed E-state index contributed by atoms with van der Waals surface area (Å²) in [4.78, 5) is 0. The van der Waals surface area contributed by atoms with Gasteiger partial charge in [0, 0.05) is 12.1 Å². The van der Waals surface area contributed by atoms with E-state index in [-0.39, 0.29) is 18.5 Å². The summed E-state index contributed by atoms with van der Waals surface area (Å²) in [6.45, 7) is 1.77. The molecule has 1 rings (SSSR count). The van der Waals surface area contributed by atoms with Gasteiger partial charge in [0.2, 0.25) is 0 Å². The molecule has 1 aromatic carbocycles. The molecule has 1 unspecified atom stereocenters. The first-order valence-electron chi connectivity index (χ1n) is 4.66. The van der Waals surface area contributed by atoms with E-state index in [1.165, 1.54) is 12.1 Å². The molecule has 0 bridgehead atoms. The summed E-state index contributed by atoms with van der Waals surface area (Å²) >= 11 is 0. The van der Waals surface area contributed by atoms with Gasteiger partial charge in [-0.25, -0.2) is 4.39 Å². The summed E-state index contributed by atoms with van der Waals surface area (Å²) in [5, 5.41) is 8.32. The standard InChI is InChI=1S/C11H13FN2O/c1-8(14)4-9-5-10(12)7-11(6-9)15-3-2-13/h5-8H,3-4,14H2,1H3. The quantitative estimate of drug-likeness (QED) is 0.817. The van der Waals surface area contributed by atoms with E-state index in [2.05, 4.69) is 0 Å². The number of hydrogen-bond acceptors (Lipinski definition) is 3. The molecule has 0 heterocycles. The van der Waals surface area contributed by atoms with E-state index in [1.54, 1.807) is 6.07 Å².